The van der Waals surface area contributed by atoms with Gasteiger partial charge >= 0.3 is 0 Å². The highest BCUT2D eigenvalue weighted by atomic mass is 19.1. The molecule has 2 rings (SSSR count). The molecule has 2 aromatic rings. The first-order valence-electron chi connectivity index (χ1n) is 5.14. The van der Waals surface area contributed by atoms with Crippen molar-refractivity contribution in [1.82, 2.24) is 0 Å². The molecule has 0 atom stereocenters. The van der Waals surface area contributed by atoms with Gasteiger partial charge in [0, 0.05) is 11.1 Å². The zero-order valence-electron chi connectivity index (χ0n) is 9.21. The van der Waals surface area contributed by atoms with Crippen LogP contribution < -0.4 is 0 Å². The van der Waals surface area contributed by atoms with Gasteiger partial charge in [0.25, 0.3) is 0 Å². The molecule has 0 bridgehead atoms. The lowest BCUT2D eigenvalue weighted by Gasteiger charge is -2.03. The second-order valence-electron chi connectivity index (χ2n) is 3.85. The minimum atomic E-state index is -0.449. The normalized spacial score (nSPS) is 10.3. The molecule has 86 valence electrons. The maximum Gasteiger partial charge on any atom is 0.193 e. The van der Waals surface area contributed by atoms with Gasteiger partial charge < -0.3 is 0 Å². The van der Waals surface area contributed by atoms with Gasteiger partial charge in [0.2, 0.25) is 0 Å². The molecule has 0 aromatic heterocycles. The molecule has 0 amide bonds. The topological polar surface area (TPSA) is 17.1 Å². The Balaban J connectivity index is 2.40. The van der Waals surface area contributed by atoms with Gasteiger partial charge in [0.15, 0.2) is 5.78 Å². The Labute approximate surface area is 97.7 Å². The number of carbonyl (C=O) groups is 1. The third-order valence-electron chi connectivity index (χ3n) is 2.41. The zero-order valence-corrected chi connectivity index (χ0v) is 9.21. The van der Waals surface area contributed by atoms with Crippen LogP contribution in [-0.4, -0.2) is 5.78 Å². The number of hydrogen-bond acceptors (Lipinski definition) is 1. The van der Waals surface area contributed by atoms with Crippen molar-refractivity contribution in [2.45, 2.75) is 6.92 Å². The van der Waals surface area contributed by atoms with Crippen LogP contribution in [0.1, 0.15) is 21.5 Å². The van der Waals surface area contributed by atoms with Gasteiger partial charge in [-0.3, -0.25) is 4.79 Å². The van der Waals surface area contributed by atoms with Crippen LogP contribution in [0.4, 0.5) is 8.78 Å². The van der Waals surface area contributed by atoms with Gasteiger partial charge in [-0.2, -0.15) is 0 Å². The summed E-state index contributed by atoms with van der Waals surface area (Å²) >= 11 is 0. The first-order valence-corrected chi connectivity index (χ1v) is 5.14. The summed E-state index contributed by atoms with van der Waals surface area (Å²) in [6, 6.07) is 9.32. The van der Waals surface area contributed by atoms with Crippen molar-refractivity contribution < 1.29 is 13.6 Å². The maximum atomic E-state index is 13.2. The van der Waals surface area contributed by atoms with Crippen LogP contribution in [-0.2, 0) is 0 Å². The van der Waals surface area contributed by atoms with Gasteiger partial charge in [-0.1, -0.05) is 0 Å². The second kappa shape index (κ2) is 4.45. The van der Waals surface area contributed by atoms with E-state index in [0.717, 1.165) is 0 Å². The van der Waals surface area contributed by atoms with Gasteiger partial charge in [-0.25, -0.2) is 8.78 Å². The van der Waals surface area contributed by atoms with Gasteiger partial charge in [-0.15, -0.1) is 0 Å². The number of benzene rings is 2. The average Bonchev–Trinajstić information content (AvgIpc) is 2.28. The number of ketones is 1. The lowest BCUT2D eigenvalue weighted by molar-refractivity contribution is 0.103. The summed E-state index contributed by atoms with van der Waals surface area (Å²) in [5.74, 6) is -1.17. The van der Waals surface area contributed by atoms with E-state index in [4.69, 9.17) is 0 Å². The highest BCUT2D eigenvalue weighted by Gasteiger charge is 2.10. The lowest BCUT2D eigenvalue weighted by atomic mass is 10.0. The maximum absolute atomic E-state index is 13.2. The van der Waals surface area contributed by atoms with E-state index in [-0.39, 0.29) is 11.3 Å². The first-order chi connectivity index (χ1) is 8.06. The van der Waals surface area contributed by atoms with Crippen molar-refractivity contribution in [2.24, 2.45) is 0 Å². The van der Waals surface area contributed by atoms with Crippen LogP contribution in [0.25, 0.3) is 0 Å². The molecule has 0 saturated heterocycles. The molecule has 2 aromatic carbocycles. The van der Waals surface area contributed by atoms with E-state index in [2.05, 4.69) is 0 Å². The fourth-order valence-electron chi connectivity index (χ4n) is 1.64. The van der Waals surface area contributed by atoms with Crippen molar-refractivity contribution >= 4 is 5.78 Å². The molecule has 1 nitrogen and oxygen atoms in total. The van der Waals surface area contributed by atoms with Crippen molar-refractivity contribution in [3.05, 3.63) is 70.8 Å². The van der Waals surface area contributed by atoms with Crippen molar-refractivity contribution in [3.8, 4) is 0 Å². The summed E-state index contributed by atoms with van der Waals surface area (Å²) < 4.78 is 25.9. The number of hydrogen-bond donors (Lipinski definition) is 0. The molecule has 0 N–H and O–H groups in total. The standard InChI is InChI=1S/C14H10F2O/c1-9-6-11(8-13(16)7-9)14(17)10-2-4-12(15)5-3-10/h2-8H,1H3. The fraction of sp³-hybridized carbons (Fsp3) is 0.0714. The Hall–Kier alpha value is -2.03. The monoisotopic (exact) mass is 232 g/mol. The Morgan fingerprint density at radius 2 is 1.53 bits per heavy atom. The SMILES string of the molecule is Cc1cc(F)cc(C(=O)c2ccc(F)cc2)c1. The van der Waals surface area contributed by atoms with E-state index >= 15 is 0 Å². The predicted octanol–water partition coefficient (Wildman–Crippen LogP) is 3.50. The Kier molecular flexibility index (Phi) is 3.00. The van der Waals surface area contributed by atoms with E-state index in [9.17, 15) is 13.6 Å². The molecule has 0 fully saturated rings. The molecule has 17 heavy (non-hydrogen) atoms. The Morgan fingerprint density at radius 3 is 2.12 bits per heavy atom. The van der Waals surface area contributed by atoms with E-state index < -0.39 is 11.6 Å². The van der Waals surface area contributed by atoms with Gasteiger partial charge in [-0.05, 0) is 55.0 Å². The largest absolute Gasteiger partial charge is 0.289 e. The summed E-state index contributed by atoms with van der Waals surface area (Å²) in [5.41, 5.74) is 1.29. The molecule has 0 aliphatic heterocycles. The molecule has 0 heterocycles. The van der Waals surface area contributed by atoms with Crippen molar-refractivity contribution in [1.29, 1.82) is 0 Å². The smallest absolute Gasteiger partial charge is 0.193 e. The molecule has 3 heteroatoms. The van der Waals surface area contributed by atoms with Crippen LogP contribution in [0, 0.1) is 18.6 Å². The molecule has 0 radical (unpaired) electrons. The number of carbonyl (C=O) groups excluding carboxylic acids is 1. The molecule has 0 aliphatic rings. The van der Waals surface area contributed by atoms with Crippen molar-refractivity contribution in [2.75, 3.05) is 0 Å². The van der Waals surface area contributed by atoms with Crippen LogP contribution in [0.2, 0.25) is 0 Å². The number of halogens is 2. The van der Waals surface area contributed by atoms with Crippen LogP contribution >= 0.6 is 0 Å². The highest BCUT2D eigenvalue weighted by molar-refractivity contribution is 6.09. The molecular formula is C14H10F2O. The van der Waals surface area contributed by atoms with Gasteiger partial charge in [0.05, 0.1) is 0 Å². The Bertz CT molecular complexity index is 539. The molecular weight excluding hydrogens is 222 g/mol. The zero-order chi connectivity index (χ0) is 12.4. The summed E-state index contributed by atoms with van der Waals surface area (Å²) in [7, 11) is 0. The van der Waals surface area contributed by atoms with Gasteiger partial charge in [0.1, 0.15) is 11.6 Å². The Morgan fingerprint density at radius 1 is 0.882 bits per heavy atom. The number of aryl methyl sites for hydroxylation is 1. The minimum absolute atomic E-state index is 0.272. The summed E-state index contributed by atoms with van der Waals surface area (Å²) in [5, 5.41) is 0. The quantitative estimate of drug-likeness (QED) is 0.724. The average molecular weight is 232 g/mol. The molecule has 0 saturated carbocycles. The van der Waals surface area contributed by atoms with E-state index in [0.29, 0.717) is 11.1 Å². The van der Waals surface area contributed by atoms with E-state index in [1.54, 1.807) is 13.0 Å². The van der Waals surface area contributed by atoms with E-state index in [1.807, 2.05) is 0 Å². The fourth-order valence-corrected chi connectivity index (χ4v) is 1.64. The summed E-state index contributed by atoms with van der Waals surface area (Å²) in [4.78, 5) is 12.0. The molecule has 0 spiro atoms. The van der Waals surface area contributed by atoms with Crippen molar-refractivity contribution in [3.63, 3.8) is 0 Å². The predicted molar refractivity (Wildman–Crippen MR) is 61.0 cm³/mol. The molecule has 0 aliphatic carbocycles. The first kappa shape index (κ1) is 11.5. The highest BCUT2D eigenvalue weighted by Crippen LogP contribution is 2.14. The molecule has 0 unspecified atom stereocenters. The second-order valence-corrected chi connectivity index (χ2v) is 3.85. The van der Waals surface area contributed by atoms with Crippen LogP contribution in [0.5, 0.6) is 0 Å². The minimum Gasteiger partial charge on any atom is -0.289 e. The number of rotatable bonds is 2. The third-order valence-corrected chi connectivity index (χ3v) is 2.41. The summed E-state index contributed by atoms with van der Waals surface area (Å²) in [6.07, 6.45) is 0. The van der Waals surface area contributed by atoms with Crippen LogP contribution in [0.15, 0.2) is 42.5 Å². The summed E-state index contributed by atoms with van der Waals surface area (Å²) in [6.45, 7) is 1.71. The lowest BCUT2D eigenvalue weighted by Crippen LogP contribution is -2.02. The van der Waals surface area contributed by atoms with E-state index in [1.165, 1.54) is 36.4 Å². The third kappa shape index (κ3) is 2.56. The van der Waals surface area contributed by atoms with Crippen LogP contribution in [0.3, 0.4) is 0 Å².